The Morgan fingerprint density at radius 2 is 2.00 bits per heavy atom. The van der Waals surface area contributed by atoms with E-state index < -0.39 is 6.36 Å². The smallest absolute Gasteiger partial charge is 0.406 e. The quantitative estimate of drug-likeness (QED) is 0.876. The fraction of sp³-hybridized carbons (Fsp3) is 0.533. The molecular weight excluding hydrogens is 333 g/mol. The van der Waals surface area contributed by atoms with Gasteiger partial charge in [0.2, 0.25) is 5.91 Å². The third-order valence-corrected chi connectivity index (χ3v) is 3.65. The number of rotatable bonds is 4. The maximum absolute atomic E-state index is 12.1. The number of nitrogens with one attached hydrogen (secondary N) is 2. The molecule has 0 aliphatic carbocycles. The normalized spacial score (nSPS) is 21.2. The predicted molar refractivity (Wildman–Crippen MR) is 82.7 cm³/mol. The summed E-state index contributed by atoms with van der Waals surface area (Å²) in [5.74, 6) is -0.0489. The summed E-state index contributed by atoms with van der Waals surface area (Å²) < 4.78 is 40.0. The number of benzene rings is 1. The topological polar surface area (TPSA) is 50.4 Å². The molecule has 1 aliphatic heterocycles. The van der Waals surface area contributed by atoms with Crippen LogP contribution in [-0.4, -0.2) is 31.4 Å². The minimum atomic E-state index is -4.70. The van der Waals surface area contributed by atoms with Crippen molar-refractivity contribution in [3.8, 4) is 5.75 Å². The molecule has 8 heteroatoms. The van der Waals surface area contributed by atoms with Crippen LogP contribution in [0, 0.1) is 5.92 Å². The zero-order valence-corrected chi connectivity index (χ0v) is 13.5. The van der Waals surface area contributed by atoms with Crippen molar-refractivity contribution in [2.75, 3.05) is 13.1 Å². The van der Waals surface area contributed by atoms with E-state index in [2.05, 4.69) is 22.3 Å². The molecule has 23 heavy (non-hydrogen) atoms. The van der Waals surface area contributed by atoms with Gasteiger partial charge < -0.3 is 15.4 Å². The number of piperidine rings is 1. The van der Waals surface area contributed by atoms with Crippen LogP contribution in [0.15, 0.2) is 24.3 Å². The maximum Gasteiger partial charge on any atom is 0.573 e. The Morgan fingerprint density at radius 3 is 2.57 bits per heavy atom. The van der Waals surface area contributed by atoms with Crippen molar-refractivity contribution in [3.05, 3.63) is 29.8 Å². The first-order valence-electron chi connectivity index (χ1n) is 7.18. The van der Waals surface area contributed by atoms with Crippen LogP contribution in [-0.2, 0) is 11.2 Å². The average Bonchev–Trinajstić information content (AvgIpc) is 2.42. The molecule has 0 spiro atoms. The van der Waals surface area contributed by atoms with Crippen molar-refractivity contribution >= 4 is 18.3 Å². The molecular formula is C15H20ClF3N2O2. The van der Waals surface area contributed by atoms with Crippen LogP contribution in [0.5, 0.6) is 5.75 Å². The van der Waals surface area contributed by atoms with Gasteiger partial charge in [-0.05, 0) is 43.1 Å². The fourth-order valence-corrected chi connectivity index (χ4v) is 2.48. The second kappa shape index (κ2) is 8.40. The molecule has 0 bridgehead atoms. The lowest BCUT2D eigenvalue weighted by Gasteiger charge is -2.30. The Balaban J connectivity index is 0.00000264. The molecule has 1 saturated heterocycles. The lowest BCUT2D eigenvalue weighted by Crippen LogP contribution is -2.48. The van der Waals surface area contributed by atoms with Gasteiger partial charge in [0.1, 0.15) is 5.75 Å². The van der Waals surface area contributed by atoms with E-state index in [1.54, 1.807) is 0 Å². The molecule has 1 heterocycles. The minimum Gasteiger partial charge on any atom is -0.406 e. The number of alkyl halides is 3. The molecule has 1 fully saturated rings. The molecule has 1 amide bonds. The van der Waals surface area contributed by atoms with Gasteiger partial charge in [-0.1, -0.05) is 19.1 Å². The monoisotopic (exact) mass is 352 g/mol. The second-order valence-electron chi connectivity index (χ2n) is 5.51. The Morgan fingerprint density at radius 1 is 1.35 bits per heavy atom. The SMILES string of the molecule is CC1CNCCC1NC(=O)Cc1ccc(OC(F)(F)F)cc1.Cl. The summed E-state index contributed by atoms with van der Waals surface area (Å²) in [6, 6.07) is 5.49. The molecule has 1 aromatic carbocycles. The first-order valence-corrected chi connectivity index (χ1v) is 7.18. The van der Waals surface area contributed by atoms with E-state index in [0.29, 0.717) is 11.5 Å². The number of amides is 1. The highest BCUT2D eigenvalue weighted by atomic mass is 35.5. The van der Waals surface area contributed by atoms with Crippen LogP contribution in [0.1, 0.15) is 18.9 Å². The standard InChI is InChI=1S/C15H19F3N2O2.ClH/c1-10-9-19-7-6-13(10)20-14(21)8-11-2-4-12(5-3-11)22-15(16,17)18;/h2-5,10,13,19H,6-9H2,1H3,(H,20,21);1H. The van der Waals surface area contributed by atoms with E-state index >= 15 is 0 Å². The van der Waals surface area contributed by atoms with Gasteiger partial charge in [-0.25, -0.2) is 0 Å². The summed E-state index contributed by atoms with van der Waals surface area (Å²) in [6.07, 6.45) is -3.68. The lowest BCUT2D eigenvalue weighted by atomic mass is 9.95. The van der Waals surface area contributed by atoms with Crippen LogP contribution < -0.4 is 15.4 Å². The third-order valence-electron chi connectivity index (χ3n) is 3.65. The van der Waals surface area contributed by atoms with Gasteiger partial charge in [0.25, 0.3) is 0 Å². The Labute approximate surface area is 139 Å². The summed E-state index contributed by atoms with van der Waals surface area (Å²) in [5, 5.41) is 6.23. The number of carbonyl (C=O) groups is 1. The zero-order valence-electron chi connectivity index (χ0n) is 12.7. The van der Waals surface area contributed by atoms with Gasteiger partial charge in [-0.15, -0.1) is 25.6 Å². The molecule has 2 unspecified atom stereocenters. The van der Waals surface area contributed by atoms with Crippen LogP contribution in [0.3, 0.4) is 0 Å². The highest BCUT2D eigenvalue weighted by molar-refractivity contribution is 5.85. The summed E-state index contributed by atoms with van der Waals surface area (Å²) in [6.45, 7) is 3.81. The fourth-order valence-electron chi connectivity index (χ4n) is 2.48. The number of carbonyl (C=O) groups excluding carboxylic acids is 1. The largest absolute Gasteiger partial charge is 0.573 e. The Bertz CT molecular complexity index is 508. The van der Waals surface area contributed by atoms with Crippen LogP contribution in [0.4, 0.5) is 13.2 Å². The molecule has 1 aliphatic rings. The lowest BCUT2D eigenvalue weighted by molar-refractivity contribution is -0.274. The molecule has 2 N–H and O–H groups in total. The van der Waals surface area contributed by atoms with Crippen molar-refractivity contribution in [3.63, 3.8) is 0 Å². The van der Waals surface area contributed by atoms with E-state index in [4.69, 9.17) is 0 Å². The van der Waals surface area contributed by atoms with E-state index in [0.717, 1.165) is 19.5 Å². The zero-order chi connectivity index (χ0) is 16.2. The van der Waals surface area contributed by atoms with Crippen molar-refractivity contribution in [1.82, 2.24) is 10.6 Å². The highest BCUT2D eigenvalue weighted by Gasteiger charge is 2.31. The van der Waals surface area contributed by atoms with Gasteiger partial charge in [0.15, 0.2) is 0 Å². The number of ether oxygens (including phenoxy) is 1. The highest BCUT2D eigenvalue weighted by Crippen LogP contribution is 2.22. The Hall–Kier alpha value is -1.47. The molecule has 0 aromatic heterocycles. The van der Waals surface area contributed by atoms with Gasteiger partial charge in [-0.3, -0.25) is 4.79 Å². The van der Waals surface area contributed by atoms with E-state index in [1.807, 2.05) is 0 Å². The maximum atomic E-state index is 12.1. The summed E-state index contributed by atoms with van der Waals surface area (Å²) >= 11 is 0. The summed E-state index contributed by atoms with van der Waals surface area (Å²) in [7, 11) is 0. The predicted octanol–water partition coefficient (Wildman–Crippen LogP) is 2.66. The minimum absolute atomic E-state index is 0. The first-order chi connectivity index (χ1) is 10.3. The van der Waals surface area contributed by atoms with Crippen LogP contribution >= 0.6 is 12.4 Å². The third kappa shape index (κ3) is 6.66. The van der Waals surface area contributed by atoms with Crippen molar-refractivity contribution in [1.29, 1.82) is 0 Å². The molecule has 2 atom stereocenters. The van der Waals surface area contributed by atoms with Gasteiger partial charge in [0, 0.05) is 6.04 Å². The van der Waals surface area contributed by atoms with E-state index in [9.17, 15) is 18.0 Å². The summed E-state index contributed by atoms with van der Waals surface area (Å²) in [4.78, 5) is 12.0. The van der Waals surface area contributed by atoms with Crippen LogP contribution in [0.25, 0.3) is 0 Å². The van der Waals surface area contributed by atoms with Crippen molar-refractivity contribution in [2.45, 2.75) is 32.2 Å². The summed E-state index contributed by atoms with van der Waals surface area (Å²) in [5.41, 5.74) is 0.647. The van der Waals surface area contributed by atoms with Gasteiger partial charge >= 0.3 is 6.36 Å². The molecule has 0 radical (unpaired) electrons. The second-order valence-corrected chi connectivity index (χ2v) is 5.51. The number of hydrogen-bond donors (Lipinski definition) is 2. The first kappa shape index (κ1) is 19.6. The average molecular weight is 353 g/mol. The van der Waals surface area contributed by atoms with E-state index in [1.165, 1.54) is 24.3 Å². The number of hydrogen-bond acceptors (Lipinski definition) is 3. The van der Waals surface area contributed by atoms with Crippen LogP contribution in [0.2, 0.25) is 0 Å². The van der Waals surface area contributed by atoms with Gasteiger partial charge in [-0.2, -0.15) is 0 Å². The molecule has 0 saturated carbocycles. The van der Waals surface area contributed by atoms with Crippen molar-refractivity contribution < 1.29 is 22.7 Å². The van der Waals surface area contributed by atoms with Gasteiger partial charge in [0.05, 0.1) is 6.42 Å². The Kier molecular flexibility index (Phi) is 7.15. The molecule has 130 valence electrons. The van der Waals surface area contributed by atoms with E-state index in [-0.39, 0.29) is 36.5 Å². The van der Waals surface area contributed by atoms with Crippen molar-refractivity contribution in [2.24, 2.45) is 5.92 Å². The molecule has 2 rings (SSSR count). The molecule has 1 aromatic rings. The number of halogens is 4. The molecule has 4 nitrogen and oxygen atoms in total.